The topological polar surface area (TPSA) is 159 Å². The Bertz CT molecular complexity index is 1800. The Hall–Kier alpha value is -2.46. The van der Waals surface area contributed by atoms with Gasteiger partial charge in [0.1, 0.15) is 29.7 Å². The number of nitrogens with one attached hydrogen (secondary N) is 1. The number of hydrogen-bond acceptors (Lipinski definition) is 11. The molecule has 0 aromatic rings. The van der Waals surface area contributed by atoms with Gasteiger partial charge in [0.2, 0.25) is 0 Å². The number of ketones is 1. The zero-order valence-electron chi connectivity index (χ0n) is 37.8. The molecule has 0 saturated carbocycles. The summed E-state index contributed by atoms with van der Waals surface area (Å²) in [6.07, 6.45) is 14.2. The number of fused-ring (bicyclic) bond motifs is 1. The number of carbonyl (C=O) groups is 1. The SMILES string of the molecule is C=C(NS(=O)(=O)OC1[C@H](C)O[C@@H](C(/C(C)=C/C[C@@H]2CCC[C@]3(C=C[C@H](C)[C@@H](C(C)CC)O3)O2)[C@@H](C)/C=C/C=C2\COC3[C@H](O)C(C)=C[C@@H](C(C)=O)[C@]23O)C[C@@H]1OC)C(C)C. The zero-order valence-corrected chi connectivity index (χ0v) is 38.6. The lowest BCUT2D eigenvalue weighted by Crippen LogP contribution is -2.56. The van der Waals surface area contributed by atoms with E-state index in [4.69, 9.17) is 27.9 Å². The number of carbonyl (C=O) groups excluding carboxylic acids is 1. The standard InChI is InChI=1S/C47H73NO11S/c1-13-28(4)43-31(7)21-23-46(58-43)22-15-18-37(57-46)20-19-30(6)41(39-25-40(54-12)44(35(11)56-39)59-60(52,53)48-33(9)27(2)3)29(5)16-14-17-36-26-55-45-42(50)32(8)24-38(34(10)49)47(36,45)51/h14,16-17,19,21,23-24,27-29,31,35,37-45,48,50-51H,9,13,15,18,20,22,25-26H2,1-8,10-12H3/b16-14+,30-19+,36-17+/t28?,29-,31-,35-,37-,38-,39+,40-,41?,42+,43+,44?,45?,46-,47+/m0/s1. The van der Waals surface area contributed by atoms with Gasteiger partial charge in [-0.05, 0) is 81.9 Å². The zero-order chi connectivity index (χ0) is 44.3. The molecule has 0 amide bonds. The monoisotopic (exact) mass is 859 g/mol. The van der Waals surface area contributed by atoms with Crippen molar-refractivity contribution in [3.8, 4) is 0 Å². The molecule has 5 rings (SSSR count). The van der Waals surface area contributed by atoms with E-state index in [1.54, 1.807) is 33.1 Å². The summed E-state index contributed by atoms with van der Waals surface area (Å²) < 4.78 is 66.4. The van der Waals surface area contributed by atoms with Crippen LogP contribution in [0.5, 0.6) is 0 Å². The summed E-state index contributed by atoms with van der Waals surface area (Å²) in [7, 11) is -2.65. The summed E-state index contributed by atoms with van der Waals surface area (Å²) in [5, 5.41) is 22.9. The summed E-state index contributed by atoms with van der Waals surface area (Å²) in [4.78, 5) is 12.8. The highest BCUT2D eigenvalue weighted by atomic mass is 32.2. The Morgan fingerprint density at radius 3 is 2.53 bits per heavy atom. The van der Waals surface area contributed by atoms with Gasteiger partial charge in [-0.1, -0.05) is 96.6 Å². The van der Waals surface area contributed by atoms with E-state index in [9.17, 15) is 23.4 Å². The Labute approximate surface area is 359 Å². The van der Waals surface area contributed by atoms with E-state index >= 15 is 0 Å². The fourth-order valence-electron chi connectivity index (χ4n) is 9.74. The van der Waals surface area contributed by atoms with E-state index < -0.39 is 58.1 Å². The lowest BCUT2D eigenvalue weighted by Gasteiger charge is -2.46. The van der Waals surface area contributed by atoms with Crippen molar-refractivity contribution in [3.05, 3.63) is 71.5 Å². The summed E-state index contributed by atoms with van der Waals surface area (Å²) in [5.74, 6) is -1.49. The molecule has 3 fully saturated rings. The van der Waals surface area contributed by atoms with Crippen molar-refractivity contribution >= 4 is 16.1 Å². The molecule has 1 aliphatic carbocycles. The molecule has 4 aliphatic heterocycles. The first kappa shape index (κ1) is 48.6. The number of aliphatic hydroxyl groups excluding tert-OH is 1. The third kappa shape index (κ3) is 10.7. The van der Waals surface area contributed by atoms with Crippen LogP contribution >= 0.6 is 0 Å². The average molecular weight is 860 g/mol. The Balaban J connectivity index is 1.41. The number of Topliss-reactive ketones (excluding diaryl/α,β-unsaturated/α-hetero) is 1. The van der Waals surface area contributed by atoms with Crippen molar-refractivity contribution in [1.82, 2.24) is 4.72 Å². The molecule has 338 valence electrons. The fourth-order valence-corrected chi connectivity index (χ4v) is 10.9. The van der Waals surface area contributed by atoms with E-state index in [0.29, 0.717) is 41.5 Å². The van der Waals surface area contributed by atoms with Crippen molar-refractivity contribution in [3.63, 3.8) is 0 Å². The van der Waals surface area contributed by atoms with E-state index in [0.717, 1.165) is 31.3 Å². The highest BCUT2D eigenvalue weighted by molar-refractivity contribution is 7.84. The fraction of sp³-hybridized carbons (Fsp3) is 0.723. The van der Waals surface area contributed by atoms with E-state index in [1.165, 1.54) is 6.92 Å². The molecule has 0 aromatic carbocycles. The molecule has 3 saturated heterocycles. The van der Waals surface area contributed by atoms with Gasteiger partial charge in [0.05, 0.1) is 43.0 Å². The van der Waals surface area contributed by atoms with Crippen molar-refractivity contribution in [2.24, 2.45) is 35.5 Å². The lowest BCUT2D eigenvalue weighted by molar-refractivity contribution is -0.285. The Morgan fingerprint density at radius 2 is 1.88 bits per heavy atom. The van der Waals surface area contributed by atoms with Crippen LogP contribution in [0.15, 0.2) is 71.5 Å². The third-order valence-electron chi connectivity index (χ3n) is 13.7. The minimum Gasteiger partial charge on any atom is -0.386 e. The van der Waals surface area contributed by atoms with Crippen LogP contribution in [0.25, 0.3) is 0 Å². The molecule has 1 spiro atoms. The molecule has 13 heteroatoms. The number of rotatable bonds is 16. The molecular weight excluding hydrogens is 787 g/mol. The minimum absolute atomic E-state index is 0.0524. The lowest BCUT2D eigenvalue weighted by atomic mass is 9.69. The van der Waals surface area contributed by atoms with Crippen LogP contribution in [-0.2, 0) is 43.0 Å². The number of ether oxygens (including phenoxy) is 5. The van der Waals surface area contributed by atoms with Crippen LogP contribution in [0.2, 0.25) is 0 Å². The van der Waals surface area contributed by atoms with Crippen LogP contribution in [0, 0.1) is 35.5 Å². The van der Waals surface area contributed by atoms with Crippen LogP contribution < -0.4 is 4.72 Å². The summed E-state index contributed by atoms with van der Waals surface area (Å²) in [6, 6.07) is 0. The van der Waals surface area contributed by atoms with Crippen molar-refractivity contribution in [2.45, 2.75) is 168 Å². The number of aliphatic hydroxyl groups is 2. The molecule has 60 heavy (non-hydrogen) atoms. The largest absolute Gasteiger partial charge is 0.386 e. The molecule has 0 bridgehead atoms. The summed E-state index contributed by atoms with van der Waals surface area (Å²) in [5.41, 5.74) is 0.848. The molecule has 12 nitrogen and oxygen atoms in total. The molecule has 0 aromatic heterocycles. The Kier molecular flexibility index (Phi) is 16.1. The predicted molar refractivity (Wildman–Crippen MR) is 232 cm³/mol. The van der Waals surface area contributed by atoms with Crippen LogP contribution in [0.1, 0.15) is 108 Å². The van der Waals surface area contributed by atoms with Crippen LogP contribution in [0.4, 0.5) is 0 Å². The van der Waals surface area contributed by atoms with Gasteiger partial charge in [-0.2, -0.15) is 8.42 Å². The minimum atomic E-state index is -4.21. The van der Waals surface area contributed by atoms with Gasteiger partial charge in [0.15, 0.2) is 5.79 Å². The second-order valence-corrected chi connectivity index (χ2v) is 19.8. The second kappa shape index (κ2) is 19.9. The molecule has 4 heterocycles. The first-order chi connectivity index (χ1) is 28.2. The molecule has 3 N–H and O–H groups in total. The van der Waals surface area contributed by atoms with Gasteiger partial charge in [-0.25, -0.2) is 4.18 Å². The van der Waals surface area contributed by atoms with Crippen LogP contribution in [-0.4, -0.2) is 98.4 Å². The van der Waals surface area contributed by atoms with Crippen molar-refractivity contribution in [1.29, 1.82) is 0 Å². The highest BCUT2D eigenvalue weighted by Gasteiger charge is 2.58. The number of hydrogen-bond donors (Lipinski definition) is 3. The smallest absolute Gasteiger partial charge is 0.360 e. The van der Waals surface area contributed by atoms with Gasteiger partial charge >= 0.3 is 10.3 Å². The maximum Gasteiger partial charge on any atom is 0.360 e. The summed E-state index contributed by atoms with van der Waals surface area (Å²) in [6.45, 7) is 23.4. The van der Waals surface area contributed by atoms with Gasteiger partial charge in [-0.3, -0.25) is 9.52 Å². The first-order valence-corrected chi connectivity index (χ1v) is 23.5. The first-order valence-electron chi connectivity index (χ1n) is 22.0. The van der Waals surface area contributed by atoms with Gasteiger partial charge in [-0.15, -0.1) is 0 Å². The average Bonchev–Trinajstić information content (AvgIpc) is 3.53. The van der Waals surface area contributed by atoms with E-state index in [2.05, 4.69) is 64.1 Å². The molecule has 15 atom stereocenters. The normalized spacial score (nSPS) is 38.5. The molecule has 5 aliphatic rings. The van der Waals surface area contributed by atoms with E-state index in [1.807, 2.05) is 26.0 Å². The predicted octanol–water partition coefficient (Wildman–Crippen LogP) is 7.20. The molecule has 4 unspecified atom stereocenters. The molecular formula is C47H73NO11S. The Morgan fingerprint density at radius 1 is 1.17 bits per heavy atom. The molecule has 0 radical (unpaired) electrons. The van der Waals surface area contributed by atoms with Gasteiger partial charge in [0, 0.05) is 37.5 Å². The number of allylic oxidation sites excluding steroid dienone is 4. The third-order valence-corrected chi connectivity index (χ3v) is 14.7. The second-order valence-electron chi connectivity index (χ2n) is 18.5. The van der Waals surface area contributed by atoms with Crippen LogP contribution in [0.3, 0.4) is 0 Å². The maximum absolute atomic E-state index is 13.1. The van der Waals surface area contributed by atoms with Gasteiger partial charge < -0.3 is 33.9 Å². The number of methoxy groups -OCH3 is 1. The summed E-state index contributed by atoms with van der Waals surface area (Å²) >= 11 is 0. The quantitative estimate of drug-likeness (QED) is 0.135. The highest BCUT2D eigenvalue weighted by Crippen LogP contribution is 2.46. The maximum atomic E-state index is 13.1. The van der Waals surface area contributed by atoms with Gasteiger partial charge in [0.25, 0.3) is 0 Å². The van der Waals surface area contributed by atoms with Crippen molar-refractivity contribution in [2.75, 3.05) is 13.7 Å². The van der Waals surface area contributed by atoms with Crippen molar-refractivity contribution < 1.29 is 51.3 Å². The van der Waals surface area contributed by atoms with E-state index in [-0.39, 0.29) is 48.5 Å².